The van der Waals surface area contributed by atoms with Gasteiger partial charge in [0.15, 0.2) is 15.1 Å². The summed E-state index contributed by atoms with van der Waals surface area (Å²) in [6.07, 6.45) is 2.87. The molecule has 13 heteroatoms. The lowest BCUT2D eigenvalue weighted by atomic mass is 9.93. The molecule has 3 aromatic heterocycles. The van der Waals surface area contributed by atoms with Crippen LogP contribution in [0.25, 0.3) is 6.08 Å². The number of methoxy groups -OCH3 is 2. The predicted octanol–water partition coefficient (Wildman–Crippen LogP) is 3.73. The maximum absolute atomic E-state index is 14.1. The van der Waals surface area contributed by atoms with E-state index in [4.69, 9.17) is 23.6 Å². The summed E-state index contributed by atoms with van der Waals surface area (Å²) in [5, 5.41) is 0.883. The molecule has 0 fully saturated rings. The average Bonchev–Trinajstić information content (AvgIpc) is 3.54. The minimum Gasteiger partial charge on any atom is -0.497 e. The van der Waals surface area contributed by atoms with Crippen molar-refractivity contribution >= 4 is 35.1 Å². The van der Waals surface area contributed by atoms with E-state index in [0.29, 0.717) is 60.2 Å². The first-order valence-electron chi connectivity index (χ1n) is 13.6. The molecule has 1 atom stereocenters. The number of carbonyl (C=O) groups excluding carboxylic acids is 1. The van der Waals surface area contributed by atoms with Gasteiger partial charge in [-0.2, -0.15) is 0 Å². The molecule has 1 aliphatic heterocycles. The van der Waals surface area contributed by atoms with Crippen molar-refractivity contribution in [1.82, 2.24) is 14.5 Å². The van der Waals surface area contributed by atoms with Crippen molar-refractivity contribution in [1.29, 1.82) is 0 Å². The van der Waals surface area contributed by atoms with Crippen molar-refractivity contribution < 1.29 is 23.4 Å². The number of allylic oxidation sites excluding steroid dienone is 1. The zero-order valence-electron chi connectivity index (χ0n) is 24.3. The molecule has 1 N–H and O–H groups in total. The zero-order chi connectivity index (χ0) is 30.7. The van der Waals surface area contributed by atoms with Crippen molar-refractivity contribution in [3.63, 3.8) is 0 Å². The second-order valence-electron chi connectivity index (χ2n) is 9.47. The lowest BCUT2D eigenvalue weighted by Crippen LogP contribution is -2.40. The Morgan fingerprint density at radius 3 is 2.67 bits per heavy atom. The molecular weight excluding hydrogens is 592 g/mol. The Balaban J connectivity index is 1.66. The number of aromatic amines is 1. The van der Waals surface area contributed by atoms with E-state index < -0.39 is 12.0 Å². The molecule has 0 saturated heterocycles. The number of ether oxygens (including phenoxy) is 3. The van der Waals surface area contributed by atoms with E-state index in [1.807, 2.05) is 6.92 Å². The molecule has 0 bridgehead atoms. The molecule has 224 valence electrons. The van der Waals surface area contributed by atoms with Gasteiger partial charge in [0.1, 0.15) is 23.3 Å². The Morgan fingerprint density at radius 1 is 1.16 bits per heavy atom. The molecule has 43 heavy (non-hydrogen) atoms. The molecule has 0 saturated carbocycles. The van der Waals surface area contributed by atoms with Crippen LogP contribution in [0.15, 0.2) is 76.9 Å². The van der Waals surface area contributed by atoms with Crippen LogP contribution in [0.3, 0.4) is 0 Å². The Kier molecular flexibility index (Phi) is 9.02. The quantitative estimate of drug-likeness (QED) is 0.207. The van der Waals surface area contributed by atoms with Crippen LogP contribution in [0, 0.1) is 6.92 Å². The number of aromatic nitrogens is 3. The summed E-state index contributed by atoms with van der Waals surface area (Å²) in [7, 11) is 3.08. The van der Waals surface area contributed by atoms with Crippen LogP contribution in [-0.2, 0) is 9.53 Å². The number of hydrogen-bond donors (Lipinski definition) is 1. The number of nitrogens with one attached hydrogen (secondary N) is 1. The van der Waals surface area contributed by atoms with Crippen molar-refractivity contribution in [3.8, 4) is 11.5 Å². The van der Waals surface area contributed by atoms with Crippen LogP contribution in [-0.4, -0.2) is 41.3 Å². The molecule has 5 rings (SSSR count). The fourth-order valence-corrected chi connectivity index (χ4v) is 6.57. The summed E-state index contributed by atoms with van der Waals surface area (Å²) in [4.78, 5) is 51.5. The standard InChI is InChI=1S/C30H30N4O7S2/c1-6-8-20-25(28(37)40-7-2)26(19-14-17(38-4)9-11-21(19)39-5)34-27(36)22(42-30(34)32-20)15-18-10-12-24(41-18)43-29-31-16(3)13-23(35)33-29/h9-15,26H,6-8H2,1-5H3,(H,31,33,35)/b22-15-/t26-/m1/s1. The topological polar surface area (TPSA) is 138 Å². The lowest BCUT2D eigenvalue weighted by molar-refractivity contribution is -0.139. The summed E-state index contributed by atoms with van der Waals surface area (Å²) < 4.78 is 24.4. The van der Waals surface area contributed by atoms with Gasteiger partial charge >= 0.3 is 5.97 Å². The fraction of sp³-hybridized carbons (Fsp3) is 0.300. The van der Waals surface area contributed by atoms with Gasteiger partial charge in [-0.05, 0) is 62.4 Å². The molecule has 11 nitrogen and oxygen atoms in total. The van der Waals surface area contributed by atoms with Crippen molar-refractivity contribution in [2.24, 2.45) is 4.99 Å². The molecule has 1 aromatic carbocycles. The number of thiazole rings is 1. The van der Waals surface area contributed by atoms with E-state index in [1.54, 1.807) is 57.4 Å². The number of H-pyrrole nitrogens is 1. The second kappa shape index (κ2) is 12.9. The van der Waals surface area contributed by atoms with Crippen LogP contribution in [0.1, 0.15) is 49.7 Å². The third-order valence-electron chi connectivity index (χ3n) is 6.54. The molecule has 0 amide bonds. The number of nitrogens with zero attached hydrogens (tertiary/aromatic N) is 3. The van der Waals surface area contributed by atoms with Gasteiger partial charge in [-0.15, -0.1) is 0 Å². The van der Waals surface area contributed by atoms with Gasteiger partial charge in [0.25, 0.3) is 11.1 Å². The lowest BCUT2D eigenvalue weighted by Gasteiger charge is -2.27. The maximum Gasteiger partial charge on any atom is 0.338 e. The van der Waals surface area contributed by atoms with Crippen LogP contribution >= 0.6 is 23.1 Å². The zero-order valence-corrected chi connectivity index (χ0v) is 25.9. The second-order valence-corrected chi connectivity index (χ2v) is 11.5. The van der Waals surface area contributed by atoms with Gasteiger partial charge in [0.05, 0.1) is 36.6 Å². The number of esters is 1. The predicted molar refractivity (Wildman–Crippen MR) is 162 cm³/mol. The number of aryl methyl sites for hydroxylation is 1. The van der Waals surface area contributed by atoms with Crippen molar-refractivity contribution in [2.75, 3.05) is 20.8 Å². The smallest absolute Gasteiger partial charge is 0.338 e. The highest BCUT2D eigenvalue weighted by molar-refractivity contribution is 7.99. The number of benzene rings is 1. The van der Waals surface area contributed by atoms with E-state index in [1.165, 1.54) is 29.1 Å². The van der Waals surface area contributed by atoms with E-state index >= 15 is 0 Å². The largest absolute Gasteiger partial charge is 0.497 e. The van der Waals surface area contributed by atoms with Gasteiger partial charge in [-0.1, -0.05) is 24.7 Å². The first kappa shape index (κ1) is 30.1. The Bertz CT molecular complexity index is 1950. The van der Waals surface area contributed by atoms with E-state index in [2.05, 4.69) is 9.97 Å². The summed E-state index contributed by atoms with van der Waals surface area (Å²) in [6, 6.07) is 9.25. The Hall–Kier alpha value is -4.36. The highest BCUT2D eigenvalue weighted by atomic mass is 32.2. The van der Waals surface area contributed by atoms with E-state index in [-0.39, 0.29) is 23.3 Å². The average molecular weight is 623 g/mol. The first-order chi connectivity index (χ1) is 20.8. The van der Waals surface area contributed by atoms with E-state index in [0.717, 1.165) is 18.2 Å². The molecule has 4 aromatic rings. The van der Waals surface area contributed by atoms with Crippen LogP contribution in [0.5, 0.6) is 11.5 Å². The molecule has 0 radical (unpaired) electrons. The van der Waals surface area contributed by atoms with Crippen LogP contribution in [0.4, 0.5) is 0 Å². The highest BCUT2D eigenvalue weighted by Gasteiger charge is 2.36. The van der Waals surface area contributed by atoms with Gasteiger partial charge in [0, 0.05) is 23.4 Å². The number of hydrogen-bond acceptors (Lipinski definition) is 11. The van der Waals surface area contributed by atoms with Gasteiger partial charge < -0.3 is 23.6 Å². The van der Waals surface area contributed by atoms with Crippen LogP contribution in [0.2, 0.25) is 0 Å². The number of furan rings is 1. The first-order valence-corrected chi connectivity index (χ1v) is 15.2. The Labute approximate surface area is 254 Å². The van der Waals surface area contributed by atoms with Crippen molar-refractivity contribution in [3.05, 3.63) is 94.7 Å². The molecule has 0 spiro atoms. The SMILES string of the molecule is CCCC1=C(C(=O)OCC)[C@@H](c2cc(OC)ccc2OC)n2c(s/c(=C\c3ccc(Sc4nc(C)cc(=O)[nH]4)o3)c2=O)=N1. The minimum absolute atomic E-state index is 0.166. The summed E-state index contributed by atoms with van der Waals surface area (Å²) >= 11 is 2.36. The monoisotopic (exact) mass is 622 g/mol. The van der Waals surface area contributed by atoms with Crippen LogP contribution < -0.4 is 29.9 Å². The summed E-state index contributed by atoms with van der Waals surface area (Å²) in [5.41, 5.74) is 1.38. The highest BCUT2D eigenvalue weighted by Crippen LogP contribution is 2.38. The van der Waals surface area contributed by atoms with Gasteiger partial charge in [-0.25, -0.2) is 14.8 Å². The molecule has 0 aliphatic carbocycles. The third-order valence-corrected chi connectivity index (χ3v) is 8.33. The molecule has 1 aliphatic rings. The van der Waals surface area contributed by atoms with Crippen molar-refractivity contribution in [2.45, 2.75) is 49.9 Å². The molecule has 4 heterocycles. The Morgan fingerprint density at radius 2 is 1.98 bits per heavy atom. The number of carbonyl (C=O) groups is 1. The number of rotatable bonds is 10. The summed E-state index contributed by atoms with van der Waals surface area (Å²) in [5.74, 6) is 0.904. The normalized spacial score (nSPS) is 14.8. The maximum atomic E-state index is 14.1. The molecule has 0 unspecified atom stereocenters. The van der Waals surface area contributed by atoms with Gasteiger partial charge in [0.2, 0.25) is 0 Å². The molecular formula is C30H30N4O7S2. The van der Waals surface area contributed by atoms with E-state index in [9.17, 15) is 14.4 Å². The minimum atomic E-state index is -0.865. The summed E-state index contributed by atoms with van der Waals surface area (Å²) in [6.45, 7) is 5.63. The van der Waals surface area contributed by atoms with Gasteiger partial charge in [-0.3, -0.25) is 14.2 Å². The number of fused-ring (bicyclic) bond motifs is 1. The fourth-order valence-electron chi connectivity index (χ4n) is 4.76. The third kappa shape index (κ3) is 6.22.